The summed E-state index contributed by atoms with van der Waals surface area (Å²) in [5.41, 5.74) is 3.10. The molecule has 0 unspecified atom stereocenters. The SMILES string of the molecule is O=C(/C=C/c1ccco1)N1CCc2c(cccc2N2CCOC2=O)C1. The number of furan rings is 1. The van der Waals surface area contributed by atoms with Crippen molar-refractivity contribution in [3.05, 3.63) is 59.6 Å². The van der Waals surface area contributed by atoms with Crippen LogP contribution in [0.2, 0.25) is 0 Å². The van der Waals surface area contributed by atoms with Crippen molar-refractivity contribution in [2.75, 3.05) is 24.6 Å². The van der Waals surface area contributed by atoms with Gasteiger partial charge in [0.05, 0.1) is 18.5 Å². The average Bonchev–Trinajstić information content (AvgIpc) is 3.30. The summed E-state index contributed by atoms with van der Waals surface area (Å²) in [5, 5.41) is 0. The summed E-state index contributed by atoms with van der Waals surface area (Å²) in [6.07, 6.45) is 5.20. The predicted molar refractivity (Wildman–Crippen MR) is 92.0 cm³/mol. The van der Waals surface area contributed by atoms with Gasteiger partial charge in [0.1, 0.15) is 12.4 Å². The van der Waals surface area contributed by atoms with Crippen molar-refractivity contribution >= 4 is 23.8 Å². The van der Waals surface area contributed by atoms with Crippen LogP contribution in [0, 0.1) is 0 Å². The lowest BCUT2D eigenvalue weighted by Gasteiger charge is -2.30. The lowest BCUT2D eigenvalue weighted by atomic mass is 9.97. The van der Waals surface area contributed by atoms with Crippen molar-refractivity contribution in [3.8, 4) is 0 Å². The molecule has 0 atom stereocenters. The monoisotopic (exact) mass is 338 g/mol. The highest BCUT2D eigenvalue weighted by molar-refractivity contribution is 5.92. The minimum Gasteiger partial charge on any atom is -0.465 e. The smallest absolute Gasteiger partial charge is 0.414 e. The maximum atomic E-state index is 12.4. The number of cyclic esters (lactones) is 1. The fourth-order valence-electron chi connectivity index (χ4n) is 3.29. The zero-order valence-corrected chi connectivity index (χ0v) is 13.7. The van der Waals surface area contributed by atoms with E-state index in [0.717, 1.165) is 23.2 Å². The summed E-state index contributed by atoms with van der Waals surface area (Å²) in [6.45, 7) is 2.15. The molecule has 0 aliphatic carbocycles. The number of amides is 2. The molecular formula is C19H18N2O4. The van der Waals surface area contributed by atoms with Gasteiger partial charge in [-0.05, 0) is 41.8 Å². The van der Waals surface area contributed by atoms with Crippen LogP contribution in [0.3, 0.4) is 0 Å². The van der Waals surface area contributed by atoms with Gasteiger partial charge >= 0.3 is 6.09 Å². The molecule has 2 aromatic rings. The Labute approximate surface area is 145 Å². The van der Waals surface area contributed by atoms with Gasteiger partial charge in [-0.1, -0.05) is 12.1 Å². The molecule has 1 aromatic heterocycles. The number of carbonyl (C=O) groups is 2. The number of anilines is 1. The first-order valence-corrected chi connectivity index (χ1v) is 8.28. The van der Waals surface area contributed by atoms with E-state index in [9.17, 15) is 9.59 Å². The Bertz CT molecular complexity index is 826. The topological polar surface area (TPSA) is 63.0 Å². The molecule has 0 spiro atoms. The van der Waals surface area contributed by atoms with Gasteiger partial charge in [0.25, 0.3) is 0 Å². The zero-order valence-electron chi connectivity index (χ0n) is 13.7. The summed E-state index contributed by atoms with van der Waals surface area (Å²) in [5.74, 6) is 0.605. The summed E-state index contributed by atoms with van der Waals surface area (Å²) in [7, 11) is 0. The standard InChI is InChI=1S/C19H18N2O4/c22-18(7-6-15-4-2-11-24-15)20-9-8-16-14(13-20)3-1-5-17(16)21-10-12-25-19(21)23/h1-7,11H,8-10,12-13H2/b7-6+. The molecule has 0 N–H and O–H groups in total. The Morgan fingerprint density at radius 2 is 2.08 bits per heavy atom. The second kappa shape index (κ2) is 6.47. The van der Waals surface area contributed by atoms with E-state index in [1.165, 1.54) is 6.08 Å². The van der Waals surface area contributed by atoms with E-state index in [0.29, 0.717) is 32.0 Å². The number of benzene rings is 1. The van der Waals surface area contributed by atoms with Crippen LogP contribution in [-0.2, 0) is 22.5 Å². The highest BCUT2D eigenvalue weighted by Gasteiger charge is 2.29. The van der Waals surface area contributed by atoms with Crippen molar-refractivity contribution in [1.29, 1.82) is 0 Å². The van der Waals surface area contributed by atoms with Crippen LogP contribution in [-0.4, -0.2) is 36.6 Å². The molecule has 25 heavy (non-hydrogen) atoms. The van der Waals surface area contributed by atoms with E-state index in [1.54, 1.807) is 34.3 Å². The van der Waals surface area contributed by atoms with E-state index >= 15 is 0 Å². The summed E-state index contributed by atoms with van der Waals surface area (Å²) >= 11 is 0. The first kappa shape index (κ1) is 15.5. The Morgan fingerprint density at radius 3 is 2.84 bits per heavy atom. The van der Waals surface area contributed by atoms with Crippen LogP contribution in [0.15, 0.2) is 47.1 Å². The van der Waals surface area contributed by atoms with Crippen LogP contribution in [0.4, 0.5) is 10.5 Å². The third-order valence-corrected chi connectivity index (χ3v) is 4.54. The van der Waals surface area contributed by atoms with Gasteiger partial charge in [0.15, 0.2) is 0 Å². The van der Waals surface area contributed by atoms with Crippen molar-refractivity contribution < 1.29 is 18.7 Å². The van der Waals surface area contributed by atoms with Gasteiger partial charge in [-0.2, -0.15) is 0 Å². The Balaban J connectivity index is 1.52. The van der Waals surface area contributed by atoms with E-state index in [2.05, 4.69) is 0 Å². The van der Waals surface area contributed by atoms with E-state index in [4.69, 9.17) is 9.15 Å². The van der Waals surface area contributed by atoms with Gasteiger partial charge in [-0.25, -0.2) is 4.79 Å². The van der Waals surface area contributed by atoms with Crippen LogP contribution < -0.4 is 4.90 Å². The van der Waals surface area contributed by atoms with Crippen molar-refractivity contribution in [1.82, 2.24) is 4.90 Å². The molecule has 1 aromatic carbocycles. The number of hydrogen-bond donors (Lipinski definition) is 0. The van der Waals surface area contributed by atoms with Crippen molar-refractivity contribution in [2.24, 2.45) is 0 Å². The summed E-state index contributed by atoms with van der Waals surface area (Å²) in [6, 6.07) is 9.46. The number of fused-ring (bicyclic) bond motifs is 1. The number of nitrogens with zero attached hydrogens (tertiary/aromatic N) is 2. The van der Waals surface area contributed by atoms with Crippen LogP contribution in [0.25, 0.3) is 6.08 Å². The highest BCUT2D eigenvalue weighted by Crippen LogP contribution is 2.30. The molecule has 0 radical (unpaired) electrons. The predicted octanol–water partition coefficient (Wildman–Crippen LogP) is 2.83. The Kier molecular flexibility index (Phi) is 4.01. The number of carbonyl (C=O) groups excluding carboxylic acids is 2. The highest BCUT2D eigenvalue weighted by atomic mass is 16.6. The van der Waals surface area contributed by atoms with Crippen LogP contribution in [0.1, 0.15) is 16.9 Å². The van der Waals surface area contributed by atoms with E-state index in [1.807, 2.05) is 18.2 Å². The molecule has 2 amide bonds. The van der Waals surface area contributed by atoms with E-state index in [-0.39, 0.29) is 12.0 Å². The van der Waals surface area contributed by atoms with Gasteiger partial charge in [-0.3, -0.25) is 9.69 Å². The minimum absolute atomic E-state index is 0.0481. The maximum absolute atomic E-state index is 12.4. The number of hydrogen-bond acceptors (Lipinski definition) is 4. The van der Waals surface area contributed by atoms with Crippen molar-refractivity contribution in [3.63, 3.8) is 0 Å². The maximum Gasteiger partial charge on any atom is 0.414 e. The first-order valence-electron chi connectivity index (χ1n) is 8.28. The molecule has 2 aliphatic rings. The molecule has 6 nitrogen and oxygen atoms in total. The fourth-order valence-corrected chi connectivity index (χ4v) is 3.29. The minimum atomic E-state index is -0.298. The first-order chi connectivity index (χ1) is 12.2. The summed E-state index contributed by atoms with van der Waals surface area (Å²) < 4.78 is 10.2. The molecule has 6 heteroatoms. The lowest BCUT2D eigenvalue weighted by molar-refractivity contribution is -0.126. The molecule has 1 fully saturated rings. The lowest BCUT2D eigenvalue weighted by Crippen LogP contribution is -2.36. The molecular weight excluding hydrogens is 320 g/mol. The van der Waals surface area contributed by atoms with E-state index < -0.39 is 0 Å². The quantitative estimate of drug-likeness (QED) is 0.808. The normalized spacial score (nSPS) is 17.0. The number of ether oxygens (including phenoxy) is 1. The third kappa shape index (κ3) is 3.03. The molecule has 128 valence electrons. The van der Waals surface area contributed by atoms with Crippen molar-refractivity contribution in [2.45, 2.75) is 13.0 Å². The summed E-state index contributed by atoms with van der Waals surface area (Å²) in [4.78, 5) is 27.7. The van der Waals surface area contributed by atoms with Crippen LogP contribution in [0.5, 0.6) is 0 Å². The molecule has 0 bridgehead atoms. The fraction of sp³-hybridized carbons (Fsp3) is 0.263. The molecule has 0 saturated carbocycles. The molecule has 4 rings (SSSR count). The average molecular weight is 338 g/mol. The van der Waals surface area contributed by atoms with Gasteiger partial charge in [0.2, 0.25) is 5.91 Å². The Morgan fingerprint density at radius 1 is 1.16 bits per heavy atom. The number of rotatable bonds is 3. The molecule has 1 saturated heterocycles. The zero-order chi connectivity index (χ0) is 17.2. The Hall–Kier alpha value is -3.02. The third-order valence-electron chi connectivity index (χ3n) is 4.54. The molecule has 2 aliphatic heterocycles. The van der Waals surface area contributed by atoms with Gasteiger partial charge in [0, 0.05) is 19.2 Å². The molecule has 3 heterocycles. The van der Waals surface area contributed by atoms with Gasteiger partial charge in [-0.15, -0.1) is 0 Å². The van der Waals surface area contributed by atoms with Gasteiger partial charge < -0.3 is 14.1 Å². The largest absolute Gasteiger partial charge is 0.465 e. The van der Waals surface area contributed by atoms with Crippen LogP contribution >= 0.6 is 0 Å². The second-order valence-electron chi connectivity index (χ2n) is 6.04. The second-order valence-corrected chi connectivity index (χ2v) is 6.04.